The largest absolute Gasteiger partial charge is 0.398 e. The number of benzene rings is 1. The van der Waals surface area contributed by atoms with E-state index in [-0.39, 0.29) is 0 Å². The van der Waals surface area contributed by atoms with Gasteiger partial charge in [-0.3, -0.25) is 0 Å². The van der Waals surface area contributed by atoms with Gasteiger partial charge in [0, 0.05) is 5.69 Å². The Labute approximate surface area is 66.3 Å². The lowest BCUT2D eigenvalue weighted by Crippen LogP contribution is -1.91. The van der Waals surface area contributed by atoms with Crippen molar-refractivity contribution < 1.29 is 0 Å². The molecule has 56 valence electrons. The molecule has 0 atom stereocenters. The van der Waals surface area contributed by atoms with Crippen molar-refractivity contribution in [3.63, 3.8) is 0 Å². The fraction of sp³-hybridized carbons (Fsp3) is 0.222. The molecule has 2 heteroatoms. The zero-order valence-electron chi connectivity index (χ0n) is 6.46. The Bertz CT molecular complexity index is 297. The molecule has 0 radical (unpaired) electrons. The summed E-state index contributed by atoms with van der Waals surface area (Å²) < 4.78 is 0. The standard InChI is InChI=1S/C9H10N2/c1-2-7-3-4-8(6-10)9(11)5-7/h3-5H,2,11H2,1H3. The Kier molecular flexibility index (Phi) is 2.12. The van der Waals surface area contributed by atoms with Crippen molar-refractivity contribution in [1.29, 1.82) is 5.26 Å². The number of hydrogen-bond acceptors (Lipinski definition) is 2. The molecular weight excluding hydrogens is 136 g/mol. The minimum Gasteiger partial charge on any atom is -0.398 e. The van der Waals surface area contributed by atoms with E-state index in [1.165, 1.54) is 5.56 Å². The second-order valence-electron chi connectivity index (χ2n) is 2.39. The fourth-order valence-corrected chi connectivity index (χ4v) is 0.934. The molecule has 0 aromatic heterocycles. The maximum Gasteiger partial charge on any atom is 0.101 e. The molecule has 0 aliphatic heterocycles. The molecule has 0 heterocycles. The zero-order chi connectivity index (χ0) is 8.27. The van der Waals surface area contributed by atoms with Crippen LogP contribution in [0.15, 0.2) is 18.2 Å². The molecule has 0 fully saturated rings. The second kappa shape index (κ2) is 3.07. The van der Waals surface area contributed by atoms with Crippen LogP contribution in [0, 0.1) is 11.3 Å². The Morgan fingerprint density at radius 1 is 1.55 bits per heavy atom. The van der Waals surface area contributed by atoms with Crippen molar-refractivity contribution >= 4 is 5.69 Å². The van der Waals surface area contributed by atoms with Crippen LogP contribution in [0.25, 0.3) is 0 Å². The van der Waals surface area contributed by atoms with Crippen LogP contribution in [0.3, 0.4) is 0 Å². The first-order valence-corrected chi connectivity index (χ1v) is 3.56. The smallest absolute Gasteiger partial charge is 0.101 e. The molecule has 0 amide bonds. The molecule has 2 N–H and O–H groups in total. The number of anilines is 1. The molecule has 2 nitrogen and oxygen atoms in total. The first kappa shape index (κ1) is 7.62. The molecule has 0 aliphatic carbocycles. The minimum absolute atomic E-state index is 0.558. The molecular formula is C9H10N2. The van der Waals surface area contributed by atoms with Crippen molar-refractivity contribution in [2.75, 3.05) is 5.73 Å². The van der Waals surface area contributed by atoms with Gasteiger partial charge in [0.2, 0.25) is 0 Å². The van der Waals surface area contributed by atoms with E-state index in [2.05, 4.69) is 6.92 Å². The van der Waals surface area contributed by atoms with Gasteiger partial charge in [-0.1, -0.05) is 13.0 Å². The van der Waals surface area contributed by atoms with Crippen LogP contribution >= 0.6 is 0 Å². The highest BCUT2D eigenvalue weighted by Gasteiger charge is 1.96. The molecule has 0 saturated carbocycles. The molecule has 0 bridgehead atoms. The van der Waals surface area contributed by atoms with E-state index < -0.39 is 0 Å². The highest BCUT2D eigenvalue weighted by atomic mass is 14.6. The third kappa shape index (κ3) is 1.50. The summed E-state index contributed by atoms with van der Waals surface area (Å²) in [6, 6.07) is 7.55. The van der Waals surface area contributed by atoms with E-state index in [1.807, 2.05) is 18.2 Å². The lowest BCUT2D eigenvalue weighted by Gasteiger charge is -1.99. The zero-order valence-corrected chi connectivity index (χ0v) is 6.46. The molecule has 1 aromatic rings. The lowest BCUT2D eigenvalue weighted by atomic mass is 10.1. The Hall–Kier alpha value is -1.49. The fourth-order valence-electron chi connectivity index (χ4n) is 0.934. The van der Waals surface area contributed by atoms with Crippen LogP contribution in [0.4, 0.5) is 5.69 Å². The summed E-state index contributed by atoms with van der Waals surface area (Å²) >= 11 is 0. The monoisotopic (exact) mass is 146 g/mol. The number of nitrogens with zero attached hydrogens (tertiary/aromatic N) is 1. The van der Waals surface area contributed by atoms with Gasteiger partial charge < -0.3 is 5.73 Å². The first-order chi connectivity index (χ1) is 5.27. The van der Waals surface area contributed by atoms with Crippen molar-refractivity contribution in [3.05, 3.63) is 29.3 Å². The number of aryl methyl sites for hydroxylation is 1. The van der Waals surface area contributed by atoms with Crippen LogP contribution in [-0.4, -0.2) is 0 Å². The van der Waals surface area contributed by atoms with E-state index >= 15 is 0 Å². The third-order valence-electron chi connectivity index (χ3n) is 1.64. The van der Waals surface area contributed by atoms with Crippen molar-refractivity contribution in [2.24, 2.45) is 0 Å². The summed E-state index contributed by atoms with van der Waals surface area (Å²) in [5.74, 6) is 0. The topological polar surface area (TPSA) is 49.8 Å². The van der Waals surface area contributed by atoms with Gasteiger partial charge in [-0.25, -0.2) is 0 Å². The van der Waals surface area contributed by atoms with Gasteiger partial charge in [0.15, 0.2) is 0 Å². The molecule has 0 spiro atoms. The molecule has 1 aromatic carbocycles. The summed E-state index contributed by atoms with van der Waals surface area (Å²) in [4.78, 5) is 0. The predicted molar refractivity (Wildman–Crippen MR) is 44.9 cm³/mol. The Balaban J connectivity index is 3.12. The average Bonchev–Trinajstić information content (AvgIpc) is 2.04. The summed E-state index contributed by atoms with van der Waals surface area (Å²) in [6.45, 7) is 2.06. The molecule has 0 unspecified atom stereocenters. The summed E-state index contributed by atoms with van der Waals surface area (Å²) in [5, 5.41) is 8.55. The number of nitriles is 1. The number of rotatable bonds is 1. The summed E-state index contributed by atoms with van der Waals surface area (Å²) in [7, 11) is 0. The van der Waals surface area contributed by atoms with E-state index in [0.717, 1.165) is 6.42 Å². The van der Waals surface area contributed by atoms with Gasteiger partial charge >= 0.3 is 0 Å². The minimum atomic E-state index is 0.558. The van der Waals surface area contributed by atoms with Crippen molar-refractivity contribution in [2.45, 2.75) is 13.3 Å². The van der Waals surface area contributed by atoms with Crippen LogP contribution in [-0.2, 0) is 6.42 Å². The predicted octanol–water partition coefficient (Wildman–Crippen LogP) is 1.70. The SMILES string of the molecule is CCc1ccc(C#N)c(N)c1. The maximum atomic E-state index is 8.55. The molecule has 0 aliphatic rings. The molecule has 1 rings (SSSR count). The van der Waals surface area contributed by atoms with E-state index in [1.54, 1.807) is 6.07 Å². The van der Waals surface area contributed by atoms with Crippen molar-refractivity contribution in [1.82, 2.24) is 0 Å². The first-order valence-electron chi connectivity index (χ1n) is 3.56. The van der Waals surface area contributed by atoms with Crippen molar-refractivity contribution in [3.8, 4) is 6.07 Å². The van der Waals surface area contributed by atoms with Crippen LogP contribution < -0.4 is 5.73 Å². The molecule has 0 saturated heterocycles. The van der Waals surface area contributed by atoms with Crippen LogP contribution in [0.5, 0.6) is 0 Å². The van der Waals surface area contributed by atoms with Gasteiger partial charge in [0.25, 0.3) is 0 Å². The van der Waals surface area contributed by atoms with Crippen LogP contribution in [0.2, 0.25) is 0 Å². The van der Waals surface area contributed by atoms with E-state index in [9.17, 15) is 0 Å². The van der Waals surface area contributed by atoms with Gasteiger partial charge in [0.05, 0.1) is 5.56 Å². The van der Waals surface area contributed by atoms with E-state index in [4.69, 9.17) is 11.0 Å². The van der Waals surface area contributed by atoms with Gasteiger partial charge in [-0.2, -0.15) is 5.26 Å². The number of nitrogens with two attached hydrogens (primary N) is 1. The highest BCUT2D eigenvalue weighted by Crippen LogP contribution is 2.12. The maximum absolute atomic E-state index is 8.55. The summed E-state index contributed by atoms with van der Waals surface area (Å²) in [5.41, 5.74) is 7.89. The van der Waals surface area contributed by atoms with E-state index in [0.29, 0.717) is 11.3 Å². The van der Waals surface area contributed by atoms with Crippen LogP contribution in [0.1, 0.15) is 18.1 Å². The van der Waals surface area contributed by atoms with Gasteiger partial charge in [-0.15, -0.1) is 0 Å². The van der Waals surface area contributed by atoms with Gasteiger partial charge in [0.1, 0.15) is 6.07 Å². The average molecular weight is 146 g/mol. The lowest BCUT2D eigenvalue weighted by molar-refractivity contribution is 1.14. The quantitative estimate of drug-likeness (QED) is 0.613. The Morgan fingerprint density at radius 3 is 2.73 bits per heavy atom. The molecule has 11 heavy (non-hydrogen) atoms. The Morgan fingerprint density at radius 2 is 2.27 bits per heavy atom. The second-order valence-corrected chi connectivity index (χ2v) is 2.39. The highest BCUT2D eigenvalue weighted by molar-refractivity contribution is 5.55. The normalized spacial score (nSPS) is 9.09. The van der Waals surface area contributed by atoms with Gasteiger partial charge in [-0.05, 0) is 24.1 Å². The number of hydrogen-bond donors (Lipinski definition) is 1. The number of nitrogen functional groups attached to an aromatic ring is 1. The third-order valence-corrected chi connectivity index (χ3v) is 1.64. The summed E-state index contributed by atoms with van der Waals surface area (Å²) in [6.07, 6.45) is 0.954.